The highest BCUT2D eigenvalue weighted by Crippen LogP contribution is 2.31. The van der Waals surface area contributed by atoms with Crippen molar-refractivity contribution in [2.45, 2.75) is 18.9 Å². The smallest absolute Gasteiger partial charge is 0.271 e. The molecule has 1 aromatic rings. The van der Waals surface area contributed by atoms with Crippen molar-refractivity contribution >= 4 is 34.8 Å². The molecule has 0 bridgehead atoms. The van der Waals surface area contributed by atoms with Gasteiger partial charge in [0.15, 0.2) is 0 Å². The van der Waals surface area contributed by atoms with E-state index in [9.17, 15) is 14.9 Å². The standard InChI is InChI=1S/C12H12Cl2N2O4/c1-12(2-3-20-6-12)15-11(17)8-4-7(16(18)19)5-9(13)10(8)14/h4-5H,2-3,6H2,1H3,(H,15,17). The number of carbonyl (C=O) groups excluding carboxylic acids is 1. The van der Waals surface area contributed by atoms with E-state index < -0.39 is 16.4 Å². The maximum absolute atomic E-state index is 12.2. The number of hydrogen-bond acceptors (Lipinski definition) is 4. The maximum atomic E-state index is 12.2. The second kappa shape index (κ2) is 5.55. The summed E-state index contributed by atoms with van der Waals surface area (Å²) in [4.78, 5) is 22.4. The van der Waals surface area contributed by atoms with E-state index in [1.54, 1.807) is 0 Å². The number of nitrogens with zero attached hydrogens (tertiary/aromatic N) is 1. The number of amides is 1. The number of nitrogens with one attached hydrogen (secondary N) is 1. The van der Waals surface area contributed by atoms with Crippen LogP contribution in [0.1, 0.15) is 23.7 Å². The number of ether oxygens (including phenoxy) is 1. The largest absolute Gasteiger partial charge is 0.379 e. The molecular formula is C12H12Cl2N2O4. The summed E-state index contributed by atoms with van der Waals surface area (Å²) in [5.41, 5.74) is -0.798. The van der Waals surface area contributed by atoms with E-state index in [2.05, 4.69) is 5.32 Å². The van der Waals surface area contributed by atoms with Crippen LogP contribution in [0.5, 0.6) is 0 Å². The molecule has 0 saturated carbocycles. The second-order valence-corrected chi connectivity index (χ2v) is 5.65. The van der Waals surface area contributed by atoms with Gasteiger partial charge in [-0.25, -0.2) is 0 Å². The Bertz CT molecular complexity index is 571. The van der Waals surface area contributed by atoms with E-state index in [0.29, 0.717) is 19.6 Å². The van der Waals surface area contributed by atoms with Crippen molar-refractivity contribution in [3.63, 3.8) is 0 Å². The van der Waals surface area contributed by atoms with Crippen LogP contribution in [0.15, 0.2) is 12.1 Å². The van der Waals surface area contributed by atoms with Gasteiger partial charge >= 0.3 is 0 Å². The highest BCUT2D eigenvalue weighted by molar-refractivity contribution is 6.44. The zero-order valence-corrected chi connectivity index (χ0v) is 12.1. The average Bonchev–Trinajstić information content (AvgIpc) is 2.78. The first kappa shape index (κ1) is 15.0. The summed E-state index contributed by atoms with van der Waals surface area (Å²) in [6.45, 7) is 2.78. The van der Waals surface area contributed by atoms with Crippen LogP contribution in [0, 0.1) is 10.1 Å². The molecule has 0 aliphatic carbocycles. The fourth-order valence-corrected chi connectivity index (χ4v) is 2.36. The van der Waals surface area contributed by atoms with Crippen molar-refractivity contribution in [1.29, 1.82) is 0 Å². The van der Waals surface area contributed by atoms with E-state index >= 15 is 0 Å². The van der Waals surface area contributed by atoms with Crippen LogP contribution in [0.3, 0.4) is 0 Å². The van der Waals surface area contributed by atoms with Gasteiger partial charge in [-0.3, -0.25) is 14.9 Å². The van der Waals surface area contributed by atoms with Gasteiger partial charge in [0.2, 0.25) is 0 Å². The first-order chi connectivity index (χ1) is 9.32. The topological polar surface area (TPSA) is 81.5 Å². The summed E-state index contributed by atoms with van der Waals surface area (Å²) in [6.07, 6.45) is 0.666. The maximum Gasteiger partial charge on any atom is 0.271 e. The minimum Gasteiger partial charge on any atom is -0.379 e. The number of halogens is 2. The Morgan fingerprint density at radius 2 is 2.20 bits per heavy atom. The molecule has 1 aliphatic rings. The van der Waals surface area contributed by atoms with Gasteiger partial charge in [-0.15, -0.1) is 0 Å². The lowest BCUT2D eigenvalue weighted by Crippen LogP contribution is -2.46. The number of nitro groups is 1. The number of hydrogen-bond donors (Lipinski definition) is 1. The monoisotopic (exact) mass is 318 g/mol. The summed E-state index contributed by atoms with van der Waals surface area (Å²) in [7, 11) is 0. The zero-order valence-electron chi connectivity index (χ0n) is 10.6. The molecule has 1 fully saturated rings. The summed E-state index contributed by atoms with van der Waals surface area (Å²) >= 11 is 11.8. The number of non-ortho nitro benzene ring substituents is 1. The van der Waals surface area contributed by atoms with Crippen molar-refractivity contribution in [3.05, 3.63) is 37.9 Å². The first-order valence-electron chi connectivity index (χ1n) is 5.86. The minimum atomic E-state index is -0.626. The van der Waals surface area contributed by atoms with Gasteiger partial charge in [-0.05, 0) is 13.3 Å². The third-order valence-corrected chi connectivity index (χ3v) is 3.90. The first-order valence-corrected chi connectivity index (χ1v) is 6.62. The van der Waals surface area contributed by atoms with Gasteiger partial charge < -0.3 is 10.1 Å². The third-order valence-electron chi connectivity index (χ3n) is 3.10. The fourth-order valence-electron chi connectivity index (χ4n) is 1.95. The van der Waals surface area contributed by atoms with E-state index in [-0.39, 0.29) is 21.3 Å². The van der Waals surface area contributed by atoms with Crippen LogP contribution in [-0.2, 0) is 4.74 Å². The number of rotatable bonds is 3. The molecule has 20 heavy (non-hydrogen) atoms. The molecule has 108 valence electrons. The number of benzene rings is 1. The average molecular weight is 319 g/mol. The molecular weight excluding hydrogens is 307 g/mol. The lowest BCUT2D eigenvalue weighted by atomic mass is 10.0. The fraction of sp³-hybridized carbons (Fsp3) is 0.417. The zero-order chi connectivity index (χ0) is 14.9. The lowest BCUT2D eigenvalue weighted by Gasteiger charge is -2.23. The number of carbonyl (C=O) groups is 1. The van der Waals surface area contributed by atoms with Gasteiger partial charge in [-0.1, -0.05) is 23.2 Å². The van der Waals surface area contributed by atoms with E-state index in [4.69, 9.17) is 27.9 Å². The molecule has 0 spiro atoms. The molecule has 0 aromatic heterocycles. The quantitative estimate of drug-likeness (QED) is 0.686. The van der Waals surface area contributed by atoms with Crippen molar-refractivity contribution in [1.82, 2.24) is 5.32 Å². The van der Waals surface area contributed by atoms with Gasteiger partial charge in [-0.2, -0.15) is 0 Å². The van der Waals surface area contributed by atoms with Crippen LogP contribution >= 0.6 is 23.2 Å². The Labute approximate surface area is 125 Å². The molecule has 6 nitrogen and oxygen atoms in total. The molecule has 0 radical (unpaired) electrons. The van der Waals surface area contributed by atoms with Crippen LogP contribution in [0.4, 0.5) is 5.69 Å². The van der Waals surface area contributed by atoms with Gasteiger partial charge in [0.1, 0.15) is 0 Å². The molecule has 1 aromatic carbocycles. The number of nitro benzene ring substituents is 1. The molecule has 1 aliphatic heterocycles. The van der Waals surface area contributed by atoms with Gasteiger partial charge in [0, 0.05) is 18.7 Å². The molecule has 1 N–H and O–H groups in total. The Morgan fingerprint density at radius 3 is 2.75 bits per heavy atom. The van der Waals surface area contributed by atoms with Crippen LogP contribution in [0.2, 0.25) is 10.0 Å². The Balaban J connectivity index is 2.31. The highest BCUT2D eigenvalue weighted by atomic mass is 35.5. The summed E-state index contributed by atoms with van der Waals surface area (Å²) in [6, 6.07) is 2.23. The van der Waals surface area contributed by atoms with Crippen molar-refractivity contribution in [3.8, 4) is 0 Å². The molecule has 8 heteroatoms. The molecule has 1 saturated heterocycles. The summed E-state index contributed by atoms with van der Waals surface area (Å²) in [5, 5.41) is 13.5. The third kappa shape index (κ3) is 3.03. The van der Waals surface area contributed by atoms with Crippen LogP contribution in [-0.4, -0.2) is 29.6 Å². The Morgan fingerprint density at radius 1 is 1.50 bits per heavy atom. The predicted octanol–water partition coefficient (Wildman–Crippen LogP) is 2.81. The van der Waals surface area contributed by atoms with E-state index in [1.807, 2.05) is 6.92 Å². The minimum absolute atomic E-state index is 0.00252. The molecule has 1 heterocycles. The van der Waals surface area contributed by atoms with Crippen LogP contribution < -0.4 is 5.32 Å². The van der Waals surface area contributed by atoms with E-state index in [0.717, 1.165) is 12.1 Å². The van der Waals surface area contributed by atoms with Crippen molar-refractivity contribution in [2.75, 3.05) is 13.2 Å². The normalized spacial score (nSPS) is 21.8. The van der Waals surface area contributed by atoms with Gasteiger partial charge in [0.05, 0.1) is 32.7 Å². The second-order valence-electron chi connectivity index (χ2n) is 4.86. The lowest BCUT2D eigenvalue weighted by molar-refractivity contribution is -0.384. The molecule has 1 unspecified atom stereocenters. The Kier molecular flexibility index (Phi) is 4.17. The highest BCUT2D eigenvalue weighted by Gasteiger charge is 2.32. The van der Waals surface area contributed by atoms with Crippen molar-refractivity contribution < 1.29 is 14.5 Å². The molecule has 2 rings (SSSR count). The molecule has 1 atom stereocenters. The SMILES string of the molecule is CC1(NC(=O)c2cc([N+](=O)[O-])cc(Cl)c2Cl)CCOC1. The van der Waals surface area contributed by atoms with Crippen LogP contribution in [0.25, 0.3) is 0 Å². The Hall–Kier alpha value is -1.37. The predicted molar refractivity (Wildman–Crippen MR) is 74.4 cm³/mol. The van der Waals surface area contributed by atoms with Crippen molar-refractivity contribution in [2.24, 2.45) is 0 Å². The van der Waals surface area contributed by atoms with Gasteiger partial charge in [0.25, 0.3) is 11.6 Å². The summed E-state index contributed by atoms with van der Waals surface area (Å²) < 4.78 is 5.23. The summed E-state index contributed by atoms with van der Waals surface area (Å²) in [5.74, 6) is -0.506. The van der Waals surface area contributed by atoms with E-state index in [1.165, 1.54) is 0 Å². The molecule has 1 amide bonds.